The van der Waals surface area contributed by atoms with Crippen molar-refractivity contribution in [2.75, 3.05) is 13.1 Å². The maximum Gasteiger partial charge on any atom is 0.416 e. The van der Waals surface area contributed by atoms with Gasteiger partial charge in [0.15, 0.2) is 0 Å². The van der Waals surface area contributed by atoms with Crippen molar-refractivity contribution in [2.45, 2.75) is 31.6 Å². The predicted octanol–water partition coefficient (Wildman–Crippen LogP) is 3.70. The van der Waals surface area contributed by atoms with E-state index in [1.807, 2.05) is 0 Å². The zero-order valence-corrected chi connectivity index (χ0v) is 12.4. The van der Waals surface area contributed by atoms with Gasteiger partial charge in [0.1, 0.15) is 0 Å². The Labute approximate surface area is 127 Å². The fourth-order valence-electron chi connectivity index (χ4n) is 2.51. The molecule has 1 unspecified atom stereocenters. The molecule has 0 amide bonds. The molecule has 1 aromatic carbocycles. The predicted molar refractivity (Wildman–Crippen MR) is 76.2 cm³/mol. The zero-order valence-electron chi connectivity index (χ0n) is 10.8. The molecule has 2 rings (SSSR count). The maximum atomic E-state index is 12.7. The van der Waals surface area contributed by atoms with Crippen LogP contribution in [0.2, 0.25) is 5.02 Å². The zero-order chi connectivity index (χ0) is 14.0. The van der Waals surface area contributed by atoms with Gasteiger partial charge in [-0.25, -0.2) is 0 Å². The Morgan fingerprint density at radius 1 is 1.30 bits per heavy atom. The summed E-state index contributed by atoms with van der Waals surface area (Å²) in [5, 5.41) is 0.119. The lowest BCUT2D eigenvalue weighted by Crippen LogP contribution is -2.34. The maximum absolute atomic E-state index is 12.7. The second-order valence-corrected chi connectivity index (χ2v) is 5.28. The number of nitrogens with two attached hydrogens (primary N) is 1. The summed E-state index contributed by atoms with van der Waals surface area (Å²) in [7, 11) is 0. The first kappa shape index (κ1) is 17.6. The van der Waals surface area contributed by atoms with E-state index in [-0.39, 0.29) is 23.5 Å². The van der Waals surface area contributed by atoms with Crippen LogP contribution in [0.3, 0.4) is 0 Å². The van der Waals surface area contributed by atoms with Crippen LogP contribution >= 0.6 is 24.0 Å². The molecule has 0 aromatic heterocycles. The van der Waals surface area contributed by atoms with Gasteiger partial charge in [0, 0.05) is 24.2 Å². The minimum Gasteiger partial charge on any atom is -0.329 e. The van der Waals surface area contributed by atoms with Gasteiger partial charge in [-0.15, -0.1) is 12.4 Å². The number of benzene rings is 1. The van der Waals surface area contributed by atoms with E-state index in [1.165, 1.54) is 0 Å². The summed E-state index contributed by atoms with van der Waals surface area (Å²) >= 11 is 5.77. The van der Waals surface area contributed by atoms with E-state index in [0.717, 1.165) is 31.5 Å². The lowest BCUT2D eigenvalue weighted by molar-refractivity contribution is -0.137. The Morgan fingerprint density at radius 2 is 2.00 bits per heavy atom. The highest BCUT2D eigenvalue weighted by Gasteiger charge is 2.31. The molecule has 2 N–H and O–H groups in total. The molecule has 1 aliphatic heterocycles. The molecule has 0 saturated carbocycles. The van der Waals surface area contributed by atoms with Crippen LogP contribution in [0.15, 0.2) is 18.2 Å². The van der Waals surface area contributed by atoms with Crippen LogP contribution in [0.25, 0.3) is 0 Å². The summed E-state index contributed by atoms with van der Waals surface area (Å²) in [4.78, 5) is 2.12. The van der Waals surface area contributed by atoms with E-state index in [2.05, 4.69) is 4.90 Å². The van der Waals surface area contributed by atoms with E-state index >= 15 is 0 Å². The highest BCUT2D eigenvalue weighted by Crippen LogP contribution is 2.32. The Bertz CT molecular complexity index is 452. The number of likely N-dealkylation sites (tertiary alicyclic amines) is 1. The Kier molecular flexibility index (Phi) is 6.13. The fraction of sp³-hybridized carbons (Fsp3) is 0.538. The van der Waals surface area contributed by atoms with Crippen LogP contribution in [0.5, 0.6) is 0 Å². The van der Waals surface area contributed by atoms with Crippen molar-refractivity contribution in [1.29, 1.82) is 0 Å². The highest BCUT2D eigenvalue weighted by atomic mass is 35.5. The van der Waals surface area contributed by atoms with Gasteiger partial charge in [0.25, 0.3) is 0 Å². The van der Waals surface area contributed by atoms with Gasteiger partial charge in [0.05, 0.1) is 5.56 Å². The van der Waals surface area contributed by atoms with Crippen LogP contribution in [-0.4, -0.2) is 24.0 Å². The summed E-state index contributed by atoms with van der Waals surface area (Å²) in [5.74, 6) is 0. The molecule has 1 aliphatic rings. The number of halogens is 5. The molecule has 114 valence electrons. The van der Waals surface area contributed by atoms with Crippen molar-refractivity contribution in [3.63, 3.8) is 0 Å². The largest absolute Gasteiger partial charge is 0.416 e. The van der Waals surface area contributed by atoms with Crippen LogP contribution in [0.1, 0.15) is 24.0 Å². The van der Waals surface area contributed by atoms with Crippen molar-refractivity contribution in [3.8, 4) is 0 Å². The van der Waals surface area contributed by atoms with Gasteiger partial charge in [-0.2, -0.15) is 13.2 Å². The number of rotatable bonds is 3. The van der Waals surface area contributed by atoms with Crippen LogP contribution in [-0.2, 0) is 12.7 Å². The van der Waals surface area contributed by atoms with Gasteiger partial charge < -0.3 is 5.73 Å². The van der Waals surface area contributed by atoms with Crippen molar-refractivity contribution < 1.29 is 13.2 Å². The molecule has 2 nitrogen and oxygen atoms in total. The Morgan fingerprint density at radius 3 is 2.60 bits per heavy atom. The van der Waals surface area contributed by atoms with E-state index in [0.29, 0.717) is 18.7 Å². The van der Waals surface area contributed by atoms with Crippen molar-refractivity contribution in [1.82, 2.24) is 4.90 Å². The molecule has 1 saturated heterocycles. The highest BCUT2D eigenvalue weighted by molar-refractivity contribution is 6.30. The summed E-state index contributed by atoms with van der Waals surface area (Å²) in [6, 6.07) is 3.96. The van der Waals surface area contributed by atoms with Gasteiger partial charge in [0.2, 0.25) is 0 Å². The molecule has 1 atom stereocenters. The first-order valence-corrected chi connectivity index (χ1v) is 6.58. The van der Waals surface area contributed by atoms with Gasteiger partial charge in [-0.05, 0) is 43.1 Å². The summed E-state index contributed by atoms with van der Waals surface area (Å²) in [6.45, 7) is 1.87. The average Bonchev–Trinajstić information content (AvgIpc) is 2.74. The van der Waals surface area contributed by atoms with Crippen LogP contribution in [0, 0.1) is 0 Å². The second kappa shape index (κ2) is 6.98. The average molecular weight is 329 g/mol. The molecule has 1 fully saturated rings. The van der Waals surface area contributed by atoms with Crippen molar-refractivity contribution in [2.24, 2.45) is 5.73 Å². The molecule has 0 radical (unpaired) electrons. The standard InChI is InChI=1S/C13H16ClF3N2.ClH/c14-11-5-9(4-10(6-11)13(15,16)17)8-19-3-1-2-12(19)7-18;/h4-6,12H,1-3,7-8,18H2;1H. The Balaban J connectivity index is 0.00000200. The Hall–Kier alpha value is -0.490. The monoisotopic (exact) mass is 328 g/mol. The smallest absolute Gasteiger partial charge is 0.329 e. The third-order valence-corrected chi connectivity index (χ3v) is 3.66. The van der Waals surface area contributed by atoms with Gasteiger partial charge in [-0.3, -0.25) is 4.90 Å². The molecule has 0 aliphatic carbocycles. The minimum atomic E-state index is -4.36. The molecule has 0 bridgehead atoms. The lowest BCUT2D eigenvalue weighted by Gasteiger charge is -2.23. The quantitative estimate of drug-likeness (QED) is 0.916. The van der Waals surface area contributed by atoms with E-state index in [9.17, 15) is 13.2 Å². The number of alkyl halides is 3. The van der Waals surface area contributed by atoms with Crippen molar-refractivity contribution >= 4 is 24.0 Å². The molecule has 0 spiro atoms. The van der Waals surface area contributed by atoms with E-state index in [4.69, 9.17) is 17.3 Å². The normalized spacial score (nSPS) is 19.9. The van der Waals surface area contributed by atoms with E-state index in [1.54, 1.807) is 6.07 Å². The summed E-state index contributed by atoms with van der Waals surface area (Å²) in [5.41, 5.74) is 5.55. The summed E-state index contributed by atoms with van der Waals surface area (Å²) < 4.78 is 38.1. The minimum absolute atomic E-state index is 0. The van der Waals surface area contributed by atoms with Crippen molar-refractivity contribution in [3.05, 3.63) is 34.3 Å². The summed E-state index contributed by atoms with van der Waals surface area (Å²) in [6.07, 6.45) is -2.32. The topological polar surface area (TPSA) is 29.3 Å². The molecule has 20 heavy (non-hydrogen) atoms. The lowest BCUT2D eigenvalue weighted by atomic mass is 10.1. The first-order valence-electron chi connectivity index (χ1n) is 6.21. The molecular formula is C13H17Cl2F3N2. The fourth-order valence-corrected chi connectivity index (χ4v) is 2.77. The third kappa shape index (κ3) is 4.25. The number of hydrogen-bond acceptors (Lipinski definition) is 2. The number of hydrogen-bond donors (Lipinski definition) is 1. The molecule has 1 aromatic rings. The second-order valence-electron chi connectivity index (χ2n) is 4.85. The van der Waals surface area contributed by atoms with Crippen LogP contribution in [0.4, 0.5) is 13.2 Å². The number of nitrogens with zero attached hydrogens (tertiary/aromatic N) is 1. The van der Waals surface area contributed by atoms with Gasteiger partial charge in [-0.1, -0.05) is 11.6 Å². The molecular weight excluding hydrogens is 312 g/mol. The van der Waals surface area contributed by atoms with E-state index < -0.39 is 11.7 Å². The SMILES string of the molecule is Cl.NCC1CCCN1Cc1cc(Cl)cc(C(F)(F)F)c1. The molecule has 1 heterocycles. The third-order valence-electron chi connectivity index (χ3n) is 3.44. The molecule has 7 heteroatoms. The first-order chi connectivity index (χ1) is 8.90. The van der Waals surface area contributed by atoms with Crippen LogP contribution < -0.4 is 5.73 Å². The van der Waals surface area contributed by atoms with Gasteiger partial charge >= 0.3 is 6.18 Å².